The van der Waals surface area contributed by atoms with Crippen molar-refractivity contribution in [2.45, 2.75) is 31.3 Å². The highest BCUT2D eigenvalue weighted by atomic mass is 16.5. The van der Waals surface area contributed by atoms with Crippen molar-refractivity contribution in [3.05, 3.63) is 0 Å². The summed E-state index contributed by atoms with van der Waals surface area (Å²) in [7, 11) is 2.12. The Bertz CT molecular complexity index is 207. The molecule has 2 aliphatic rings. The Morgan fingerprint density at radius 3 is 2.69 bits per heavy atom. The number of hydrogen-bond donors (Lipinski definition) is 0. The van der Waals surface area contributed by atoms with Gasteiger partial charge in [-0.1, -0.05) is 0 Å². The van der Waals surface area contributed by atoms with Crippen LogP contribution >= 0.6 is 0 Å². The van der Waals surface area contributed by atoms with Gasteiger partial charge in [0.1, 0.15) is 5.78 Å². The van der Waals surface area contributed by atoms with Gasteiger partial charge in [0.15, 0.2) is 0 Å². The minimum Gasteiger partial charge on any atom is -0.374 e. The maximum absolute atomic E-state index is 11.3. The quantitative estimate of drug-likeness (QED) is 0.557. The molecule has 2 aliphatic heterocycles. The molecule has 0 N–H and O–H groups in total. The largest absolute Gasteiger partial charge is 0.374 e. The van der Waals surface area contributed by atoms with Crippen molar-refractivity contribution >= 4 is 5.78 Å². The first kappa shape index (κ1) is 9.16. The first-order chi connectivity index (χ1) is 6.20. The predicted molar refractivity (Wildman–Crippen MR) is 49.7 cm³/mol. The number of carbonyl (C=O) groups is 1. The fourth-order valence-electron chi connectivity index (χ4n) is 2.23. The summed E-state index contributed by atoms with van der Waals surface area (Å²) < 4.78 is 5.78. The van der Waals surface area contributed by atoms with Gasteiger partial charge in [-0.25, -0.2) is 0 Å². The SMILES string of the molecule is CN1CCC2(CC1)CC(=O)CCO2. The van der Waals surface area contributed by atoms with E-state index in [0.29, 0.717) is 25.2 Å². The summed E-state index contributed by atoms with van der Waals surface area (Å²) in [5, 5.41) is 0. The van der Waals surface area contributed by atoms with Crippen LogP contribution in [0, 0.1) is 0 Å². The average Bonchev–Trinajstić information content (AvgIpc) is 2.11. The Hall–Kier alpha value is -0.410. The van der Waals surface area contributed by atoms with E-state index in [1.807, 2.05) is 0 Å². The number of nitrogens with zero attached hydrogens (tertiary/aromatic N) is 1. The number of Topliss-reactive ketones (excluding diaryl/α,β-unsaturated/α-hetero) is 1. The van der Waals surface area contributed by atoms with Gasteiger partial charge >= 0.3 is 0 Å². The van der Waals surface area contributed by atoms with Crippen LogP contribution in [0.15, 0.2) is 0 Å². The summed E-state index contributed by atoms with van der Waals surface area (Å²) in [4.78, 5) is 13.6. The molecule has 2 rings (SSSR count). The number of rotatable bonds is 0. The Labute approximate surface area is 79.0 Å². The molecule has 0 bridgehead atoms. The highest BCUT2D eigenvalue weighted by Crippen LogP contribution is 2.32. The average molecular weight is 183 g/mol. The van der Waals surface area contributed by atoms with Crippen LogP contribution < -0.4 is 0 Å². The molecule has 1 spiro atoms. The van der Waals surface area contributed by atoms with Crippen molar-refractivity contribution in [1.82, 2.24) is 4.90 Å². The lowest BCUT2D eigenvalue weighted by Crippen LogP contribution is -2.48. The number of hydrogen-bond acceptors (Lipinski definition) is 3. The fraction of sp³-hybridized carbons (Fsp3) is 0.900. The van der Waals surface area contributed by atoms with Gasteiger partial charge in [-0.3, -0.25) is 4.79 Å². The maximum Gasteiger partial charge on any atom is 0.138 e. The fourth-order valence-corrected chi connectivity index (χ4v) is 2.23. The third kappa shape index (κ3) is 1.92. The van der Waals surface area contributed by atoms with Gasteiger partial charge in [-0.05, 0) is 19.9 Å². The summed E-state index contributed by atoms with van der Waals surface area (Å²) >= 11 is 0. The molecule has 0 amide bonds. The highest BCUT2D eigenvalue weighted by Gasteiger charge is 2.38. The molecule has 0 aromatic heterocycles. The molecular weight excluding hydrogens is 166 g/mol. The van der Waals surface area contributed by atoms with E-state index in [1.165, 1.54) is 0 Å². The Kier molecular flexibility index (Phi) is 2.39. The second-order valence-electron chi connectivity index (χ2n) is 4.30. The van der Waals surface area contributed by atoms with Gasteiger partial charge in [-0.15, -0.1) is 0 Å². The van der Waals surface area contributed by atoms with Crippen molar-refractivity contribution < 1.29 is 9.53 Å². The van der Waals surface area contributed by atoms with Gasteiger partial charge in [-0.2, -0.15) is 0 Å². The number of carbonyl (C=O) groups excluding carboxylic acids is 1. The van der Waals surface area contributed by atoms with E-state index in [-0.39, 0.29) is 5.60 Å². The van der Waals surface area contributed by atoms with Crippen molar-refractivity contribution in [2.24, 2.45) is 0 Å². The molecule has 0 atom stereocenters. The minimum absolute atomic E-state index is 0.0815. The zero-order valence-corrected chi connectivity index (χ0v) is 8.21. The Morgan fingerprint density at radius 2 is 2.08 bits per heavy atom. The predicted octanol–water partition coefficient (Wildman–Crippen LogP) is 0.830. The Morgan fingerprint density at radius 1 is 1.38 bits per heavy atom. The number of ketones is 1. The molecule has 2 heterocycles. The normalized spacial score (nSPS) is 29.5. The molecular formula is C10H17NO2. The zero-order chi connectivity index (χ0) is 9.31. The molecule has 0 radical (unpaired) electrons. The maximum atomic E-state index is 11.3. The van der Waals surface area contributed by atoms with Crippen molar-refractivity contribution in [1.29, 1.82) is 0 Å². The lowest BCUT2D eigenvalue weighted by atomic mass is 9.84. The first-order valence-electron chi connectivity index (χ1n) is 5.04. The summed E-state index contributed by atoms with van der Waals surface area (Å²) in [5.41, 5.74) is -0.0815. The molecule has 3 heteroatoms. The topological polar surface area (TPSA) is 29.5 Å². The van der Waals surface area contributed by atoms with Crippen LogP contribution in [0.3, 0.4) is 0 Å². The van der Waals surface area contributed by atoms with Crippen molar-refractivity contribution in [2.75, 3.05) is 26.7 Å². The van der Waals surface area contributed by atoms with E-state index in [1.54, 1.807) is 0 Å². The summed E-state index contributed by atoms with van der Waals surface area (Å²) in [6.45, 7) is 2.77. The van der Waals surface area contributed by atoms with E-state index in [9.17, 15) is 4.79 Å². The molecule has 0 aromatic rings. The summed E-state index contributed by atoms with van der Waals surface area (Å²) in [6.07, 6.45) is 3.32. The van der Waals surface area contributed by atoms with Crippen LogP contribution in [-0.4, -0.2) is 43.0 Å². The third-order valence-corrected chi connectivity index (χ3v) is 3.21. The van der Waals surface area contributed by atoms with E-state index in [0.717, 1.165) is 25.9 Å². The number of piperidine rings is 1. The standard InChI is InChI=1S/C10H17NO2/c1-11-5-3-10(4-6-11)8-9(12)2-7-13-10/h2-8H2,1H3. The van der Waals surface area contributed by atoms with Crippen LogP contribution in [0.5, 0.6) is 0 Å². The van der Waals surface area contributed by atoms with Gasteiger partial charge in [0.2, 0.25) is 0 Å². The lowest BCUT2D eigenvalue weighted by molar-refractivity contribution is -0.147. The van der Waals surface area contributed by atoms with Gasteiger partial charge in [0.05, 0.1) is 12.2 Å². The van der Waals surface area contributed by atoms with Crippen LogP contribution in [0.25, 0.3) is 0 Å². The minimum atomic E-state index is -0.0815. The first-order valence-corrected chi connectivity index (χ1v) is 5.04. The molecule has 0 aliphatic carbocycles. The number of likely N-dealkylation sites (tertiary alicyclic amines) is 1. The van der Waals surface area contributed by atoms with Crippen molar-refractivity contribution in [3.8, 4) is 0 Å². The summed E-state index contributed by atoms with van der Waals surface area (Å²) in [5.74, 6) is 0.385. The summed E-state index contributed by atoms with van der Waals surface area (Å²) in [6, 6.07) is 0. The molecule has 0 saturated carbocycles. The highest BCUT2D eigenvalue weighted by molar-refractivity contribution is 5.80. The van der Waals surface area contributed by atoms with E-state index in [2.05, 4.69) is 11.9 Å². The van der Waals surface area contributed by atoms with Gasteiger partial charge in [0, 0.05) is 25.9 Å². The molecule has 2 saturated heterocycles. The molecule has 2 fully saturated rings. The number of ether oxygens (including phenoxy) is 1. The molecule has 0 aromatic carbocycles. The second kappa shape index (κ2) is 3.39. The van der Waals surface area contributed by atoms with Gasteiger partial charge < -0.3 is 9.64 Å². The van der Waals surface area contributed by atoms with Gasteiger partial charge in [0.25, 0.3) is 0 Å². The zero-order valence-electron chi connectivity index (χ0n) is 8.21. The second-order valence-corrected chi connectivity index (χ2v) is 4.30. The van der Waals surface area contributed by atoms with E-state index >= 15 is 0 Å². The molecule has 0 unspecified atom stereocenters. The van der Waals surface area contributed by atoms with E-state index < -0.39 is 0 Å². The van der Waals surface area contributed by atoms with E-state index in [4.69, 9.17) is 4.74 Å². The van der Waals surface area contributed by atoms with Crippen LogP contribution in [0.2, 0.25) is 0 Å². The Balaban J connectivity index is 1.99. The smallest absolute Gasteiger partial charge is 0.138 e. The van der Waals surface area contributed by atoms with Crippen molar-refractivity contribution in [3.63, 3.8) is 0 Å². The molecule has 74 valence electrons. The monoisotopic (exact) mass is 183 g/mol. The third-order valence-electron chi connectivity index (χ3n) is 3.21. The molecule has 13 heavy (non-hydrogen) atoms. The lowest BCUT2D eigenvalue weighted by Gasteiger charge is -2.42. The van der Waals surface area contributed by atoms with Crippen LogP contribution in [0.1, 0.15) is 25.7 Å². The molecule has 3 nitrogen and oxygen atoms in total. The van der Waals surface area contributed by atoms with Crippen LogP contribution in [0.4, 0.5) is 0 Å². The van der Waals surface area contributed by atoms with Crippen LogP contribution in [-0.2, 0) is 9.53 Å².